The number of nitrogens with one attached hydrogen (secondary N) is 1. The molecule has 0 saturated heterocycles. The maximum atomic E-state index is 4.52. The SMILES string of the molecule is CSc1nc2ccc(NCc3cncnc3)cc2s1. The van der Waals surface area contributed by atoms with Gasteiger partial charge in [-0.15, -0.1) is 11.3 Å². The van der Waals surface area contributed by atoms with Gasteiger partial charge < -0.3 is 5.32 Å². The van der Waals surface area contributed by atoms with Crippen molar-refractivity contribution in [2.45, 2.75) is 10.9 Å². The lowest BCUT2D eigenvalue weighted by Gasteiger charge is -2.05. The molecule has 0 aliphatic heterocycles. The fourth-order valence-electron chi connectivity index (χ4n) is 1.73. The van der Waals surface area contributed by atoms with E-state index < -0.39 is 0 Å². The van der Waals surface area contributed by atoms with Gasteiger partial charge in [0, 0.05) is 30.2 Å². The summed E-state index contributed by atoms with van der Waals surface area (Å²) in [5.74, 6) is 0. The second-order valence-corrected chi connectivity index (χ2v) is 6.05. The van der Waals surface area contributed by atoms with Crippen molar-refractivity contribution in [2.24, 2.45) is 0 Å². The second kappa shape index (κ2) is 5.54. The van der Waals surface area contributed by atoms with Crippen molar-refractivity contribution in [2.75, 3.05) is 11.6 Å². The number of fused-ring (bicyclic) bond motifs is 1. The molecule has 0 atom stereocenters. The number of thiazole rings is 1. The van der Waals surface area contributed by atoms with Crippen molar-refractivity contribution >= 4 is 39.0 Å². The third-order valence-corrected chi connectivity index (χ3v) is 4.66. The van der Waals surface area contributed by atoms with Crippen molar-refractivity contribution in [1.82, 2.24) is 15.0 Å². The van der Waals surface area contributed by atoms with Crippen LogP contribution in [-0.2, 0) is 6.54 Å². The molecule has 2 aromatic heterocycles. The molecule has 3 aromatic rings. The Labute approximate surface area is 119 Å². The van der Waals surface area contributed by atoms with Crippen LogP contribution in [0.2, 0.25) is 0 Å². The molecule has 0 saturated carbocycles. The van der Waals surface area contributed by atoms with Gasteiger partial charge in [-0.2, -0.15) is 0 Å². The van der Waals surface area contributed by atoms with Crippen LogP contribution in [0.4, 0.5) is 5.69 Å². The average Bonchev–Trinajstić information content (AvgIpc) is 2.88. The first kappa shape index (κ1) is 12.4. The van der Waals surface area contributed by atoms with Gasteiger partial charge >= 0.3 is 0 Å². The summed E-state index contributed by atoms with van der Waals surface area (Å²) in [5.41, 5.74) is 3.22. The van der Waals surface area contributed by atoms with Gasteiger partial charge in [0.1, 0.15) is 6.33 Å². The van der Waals surface area contributed by atoms with Crippen molar-refractivity contribution in [1.29, 1.82) is 0 Å². The topological polar surface area (TPSA) is 50.7 Å². The Kier molecular flexibility index (Phi) is 3.61. The maximum Gasteiger partial charge on any atom is 0.150 e. The molecule has 1 N–H and O–H groups in total. The molecule has 2 heterocycles. The van der Waals surface area contributed by atoms with Gasteiger partial charge in [-0.25, -0.2) is 15.0 Å². The quantitative estimate of drug-likeness (QED) is 0.745. The van der Waals surface area contributed by atoms with Crippen LogP contribution < -0.4 is 5.32 Å². The summed E-state index contributed by atoms with van der Waals surface area (Å²) >= 11 is 3.40. The molecule has 0 amide bonds. The van der Waals surface area contributed by atoms with Crippen LogP contribution in [0.1, 0.15) is 5.56 Å². The van der Waals surface area contributed by atoms with Gasteiger partial charge in [0.05, 0.1) is 10.2 Å². The molecule has 0 spiro atoms. The summed E-state index contributed by atoms with van der Waals surface area (Å²) in [6, 6.07) is 6.24. The van der Waals surface area contributed by atoms with Crippen molar-refractivity contribution in [3.05, 3.63) is 42.5 Å². The summed E-state index contributed by atoms with van der Waals surface area (Å²) in [7, 11) is 0. The Bertz CT molecular complexity index is 681. The minimum Gasteiger partial charge on any atom is -0.381 e. The lowest BCUT2D eigenvalue weighted by molar-refractivity contribution is 1.05. The first-order valence-electron chi connectivity index (χ1n) is 5.77. The molecule has 6 heteroatoms. The summed E-state index contributed by atoms with van der Waals surface area (Å²) in [4.78, 5) is 12.5. The number of hydrogen-bond donors (Lipinski definition) is 1. The molecule has 0 radical (unpaired) electrons. The number of nitrogens with zero attached hydrogens (tertiary/aromatic N) is 3. The van der Waals surface area contributed by atoms with E-state index in [0.29, 0.717) is 0 Å². The molecule has 3 rings (SSSR count). The molecule has 0 aliphatic carbocycles. The molecule has 0 aliphatic rings. The number of benzene rings is 1. The van der Waals surface area contributed by atoms with Crippen LogP contribution in [0.15, 0.2) is 41.3 Å². The number of hydrogen-bond acceptors (Lipinski definition) is 6. The van der Waals surface area contributed by atoms with Crippen LogP contribution in [-0.4, -0.2) is 21.2 Å². The number of thioether (sulfide) groups is 1. The maximum absolute atomic E-state index is 4.52. The summed E-state index contributed by atoms with van der Waals surface area (Å²) in [5, 5.41) is 3.37. The first-order valence-corrected chi connectivity index (χ1v) is 7.81. The Morgan fingerprint density at radius 2 is 2.11 bits per heavy atom. The van der Waals surface area contributed by atoms with E-state index in [0.717, 1.165) is 27.7 Å². The third-order valence-electron chi connectivity index (χ3n) is 2.65. The predicted molar refractivity (Wildman–Crippen MR) is 80.8 cm³/mol. The lowest BCUT2D eigenvalue weighted by Crippen LogP contribution is -1.99. The van der Waals surface area contributed by atoms with E-state index in [4.69, 9.17) is 0 Å². The van der Waals surface area contributed by atoms with Gasteiger partial charge in [-0.3, -0.25) is 0 Å². The highest BCUT2D eigenvalue weighted by molar-refractivity contribution is 8.00. The minimum absolute atomic E-state index is 0.723. The summed E-state index contributed by atoms with van der Waals surface area (Å²) < 4.78 is 2.31. The number of rotatable bonds is 4. The van der Waals surface area contributed by atoms with Crippen LogP contribution >= 0.6 is 23.1 Å². The lowest BCUT2D eigenvalue weighted by atomic mass is 10.3. The van der Waals surface area contributed by atoms with E-state index in [-0.39, 0.29) is 0 Å². The van der Waals surface area contributed by atoms with E-state index in [9.17, 15) is 0 Å². The average molecular weight is 288 g/mol. The molecule has 19 heavy (non-hydrogen) atoms. The Balaban J connectivity index is 1.78. The van der Waals surface area contributed by atoms with Gasteiger partial charge in [0.15, 0.2) is 4.34 Å². The highest BCUT2D eigenvalue weighted by Gasteiger charge is 2.03. The molecular formula is C13H12N4S2. The van der Waals surface area contributed by atoms with Crippen LogP contribution in [0, 0.1) is 0 Å². The Morgan fingerprint density at radius 1 is 1.26 bits per heavy atom. The van der Waals surface area contributed by atoms with Crippen LogP contribution in [0.5, 0.6) is 0 Å². The Morgan fingerprint density at radius 3 is 2.89 bits per heavy atom. The molecule has 1 aromatic carbocycles. The third kappa shape index (κ3) is 2.85. The molecule has 0 unspecified atom stereocenters. The van der Waals surface area contributed by atoms with Crippen LogP contribution in [0.3, 0.4) is 0 Å². The highest BCUT2D eigenvalue weighted by Crippen LogP contribution is 2.30. The summed E-state index contributed by atoms with van der Waals surface area (Å²) in [6.45, 7) is 0.723. The molecule has 0 bridgehead atoms. The molecule has 0 fully saturated rings. The highest BCUT2D eigenvalue weighted by atomic mass is 32.2. The van der Waals surface area contributed by atoms with E-state index >= 15 is 0 Å². The monoisotopic (exact) mass is 288 g/mol. The zero-order valence-electron chi connectivity index (χ0n) is 10.3. The van der Waals surface area contributed by atoms with Crippen molar-refractivity contribution in [3.63, 3.8) is 0 Å². The van der Waals surface area contributed by atoms with Crippen molar-refractivity contribution < 1.29 is 0 Å². The van der Waals surface area contributed by atoms with Crippen LogP contribution in [0.25, 0.3) is 10.2 Å². The number of aromatic nitrogens is 3. The van der Waals surface area contributed by atoms with Crippen molar-refractivity contribution in [3.8, 4) is 0 Å². The number of anilines is 1. The Hall–Kier alpha value is -1.66. The summed E-state index contributed by atoms with van der Waals surface area (Å²) in [6.07, 6.45) is 7.22. The fraction of sp³-hybridized carbons (Fsp3) is 0.154. The first-order chi connectivity index (χ1) is 9.35. The zero-order chi connectivity index (χ0) is 13.1. The zero-order valence-corrected chi connectivity index (χ0v) is 12.0. The van der Waals surface area contributed by atoms with Gasteiger partial charge in [0.2, 0.25) is 0 Å². The van der Waals surface area contributed by atoms with Gasteiger partial charge in [-0.1, -0.05) is 11.8 Å². The predicted octanol–water partition coefficient (Wildman–Crippen LogP) is 3.42. The van der Waals surface area contributed by atoms with E-state index in [1.54, 1.807) is 23.1 Å². The van der Waals surface area contributed by atoms with E-state index in [2.05, 4.69) is 38.5 Å². The van der Waals surface area contributed by atoms with Gasteiger partial charge in [-0.05, 0) is 24.5 Å². The smallest absolute Gasteiger partial charge is 0.150 e. The molecular weight excluding hydrogens is 276 g/mol. The normalized spacial score (nSPS) is 10.8. The fourth-order valence-corrected chi connectivity index (χ4v) is 3.25. The second-order valence-electron chi connectivity index (χ2n) is 3.97. The van der Waals surface area contributed by atoms with Gasteiger partial charge in [0.25, 0.3) is 0 Å². The standard InChI is InChI=1S/C13H12N4S2/c1-18-13-17-11-3-2-10(4-12(11)19-13)16-7-9-5-14-8-15-6-9/h2-6,8,16H,7H2,1H3. The largest absolute Gasteiger partial charge is 0.381 e. The van der Waals surface area contributed by atoms with E-state index in [1.165, 1.54) is 11.0 Å². The molecule has 96 valence electrons. The minimum atomic E-state index is 0.723. The molecule has 4 nitrogen and oxygen atoms in total. The van der Waals surface area contributed by atoms with E-state index in [1.807, 2.05) is 18.6 Å².